The zero-order valence-corrected chi connectivity index (χ0v) is 16.5. The van der Waals surface area contributed by atoms with Crippen molar-refractivity contribution in [2.45, 2.75) is 29.5 Å². The van der Waals surface area contributed by atoms with E-state index < -0.39 is 25.9 Å². The van der Waals surface area contributed by atoms with E-state index in [-0.39, 0.29) is 16.4 Å². The van der Waals surface area contributed by atoms with Crippen LogP contribution in [0.1, 0.15) is 18.4 Å². The van der Waals surface area contributed by atoms with Crippen LogP contribution in [-0.4, -0.2) is 39.5 Å². The van der Waals surface area contributed by atoms with Crippen molar-refractivity contribution < 1.29 is 16.8 Å². The van der Waals surface area contributed by atoms with E-state index in [1.807, 2.05) is 0 Å². The van der Waals surface area contributed by atoms with Crippen molar-refractivity contribution in [2.75, 3.05) is 12.3 Å². The van der Waals surface area contributed by atoms with Gasteiger partial charge in [-0.15, -0.1) is 0 Å². The Balaban J connectivity index is 1.79. The van der Waals surface area contributed by atoms with Gasteiger partial charge in [-0.25, -0.2) is 16.8 Å². The van der Waals surface area contributed by atoms with Crippen LogP contribution in [-0.2, 0) is 25.6 Å². The number of hydrogen-bond donors (Lipinski definition) is 0. The van der Waals surface area contributed by atoms with Crippen LogP contribution in [0.15, 0.2) is 59.5 Å². The third-order valence-electron chi connectivity index (χ3n) is 4.43. The first-order chi connectivity index (χ1) is 12.3. The van der Waals surface area contributed by atoms with Crippen molar-refractivity contribution in [2.24, 2.45) is 0 Å². The highest BCUT2D eigenvalue weighted by Gasteiger charge is 2.37. The number of halogens is 1. The van der Waals surface area contributed by atoms with Crippen LogP contribution in [0.3, 0.4) is 0 Å². The number of hydrogen-bond acceptors (Lipinski definition) is 4. The predicted octanol–water partition coefficient (Wildman–Crippen LogP) is 3.11. The predicted molar refractivity (Wildman–Crippen MR) is 102 cm³/mol. The Hall–Kier alpha value is -1.41. The molecule has 3 rings (SSSR count). The van der Waals surface area contributed by atoms with E-state index in [0.717, 1.165) is 0 Å². The van der Waals surface area contributed by atoms with Crippen molar-refractivity contribution in [1.29, 1.82) is 0 Å². The van der Waals surface area contributed by atoms with E-state index in [4.69, 9.17) is 11.6 Å². The molecule has 0 spiro atoms. The summed E-state index contributed by atoms with van der Waals surface area (Å²) >= 11 is 5.93. The zero-order chi connectivity index (χ0) is 18.8. The van der Waals surface area contributed by atoms with Crippen LogP contribution in [0, 0.1) is 0 Å². The molecule has 1 heterocycles. The maximum absolute atomic E-state index is 12.8. The number of rotatable bonds is 6. The second-order valence-corrected chi connectivity index (χ2v) is 10.8. The molecular formula is C18H20ClNO4S2. The summed E-state index contributed by atoms with van der Waals surface area (Å²) in [6.45, 7) is 0.345. The van der Waals surface area contributed by atoms with Gasteiger partial charge in [-0.3, -0.25) is 0 Å². The lowest BCUT2D eigenvalue weighted by Crippen LogP contribution is -2.40. The van der Waals surface area contributed by atoms with Gasteiger partial charge in [0.25, 0.3) is 0 Å². The molecule has 8 heteroatoms. The van der Waals surface area contributed by atoms with Crippen molar-refractivity contribution >= 4 is 31.5 Å². The van der Waals surface area contributed by atoms with Crippen molar-refractivity contribution in [3.63, 3.8) is 0 Å². The van der Waals surface area contributed by atoms with E-state index in [1.165, 1.54) is 16.4 Å². The fraction of sp³-hybridized carbons (Fsp3) is 0.333. The van der Waals surface area contributed by atoms with Gasteiger partial charge in [-0.1, -0.05) is 41.9 Å². The third kappa shape index (κ3) is 4.46. The van der Waals surface area contributed by atoms with Crippen LogP contribution in [0.2, 0.25) is 5.02 Å². The van der Waals surface area contributed by atoms with Crippen LogP contribution >= 0.6 is 11.6 Å². The molecule has 1 aliphatic heterocycles. The quantitative estimate of drug-likeness (QED) is 0.729. The van der Waals surface area contributed by atoms with E-state index in [0.29, 0.717) is 30.0 Å². The van der Waals surface area contributed by atoms with Gasteiger partial charge >= 0.3 is 0 Å². The molecule has 1 aliphatic rings. The summed E-state index contributed by atoms with van der Waals surface area (Å²) in [6, 6.07) is 14.3. The Morgan fingerprint density at radius 3 is 2.42 bits per heavy atom. The summed E-state index contributed by atoms with van der Waals surface area (Å²) in [6.07, 6.45) is 1.20. The summed E-state index contributed by atoms with van der Waals surface area (Å²) in [5, 5.41) is 0.474. The highest BCUT2D eigenvalue weighted by Crippen LogP contribution is 2.27. The molecule has 1 fully saturated rings. The lowest BCUT2D eigenvalue weighted by Gasteiger charge is -2.24. The Morgan fingerprint density at radius 2 is 1.73 bits per heavy atom. The molecule has 2 aromatic rings. The standard InChI is InChI=1S/C18H20ClNO4S2/c19-16-7-4-6-15(12-16)13-26(23,24)20-11-5-8-17(20)14-25(21,22)18-9-2-1-3-10-18/h1-4,6-7,9-10,12,17H,5,8,11,13-14H2. The fourth-order valence-corrected chi connectivity index (χ4v) is 6.97. The summed E-state index contributed by atoms with van der Waals surface area (Å²) in [5.41, 5.74) is 0.592. The molecule has 1 unspecified atom stereocenters. The van der Waals surface area contributed by atoms with E-state index in [2.05, 4.69) is 0 Å². The molecule has 0 N–H and O–H groups in total. The van der Waals surface area contributed by atoms with Crippen molar-refractivity contribution in [3.05, 3.63) is 65.2 Å². The first-order valence-corrected chi connectivity index (χ1v) is 11.9. The molecule has 0 bridgehead atoms. The zero-order valence-electron chi connectivity index (χ0n) is 14.1. The van der Waals surface area contributed by atoms with Crippen molar-refractivity contribution in [3.8, 4) is 0 Å². The maximum Gasteiger partial charge on any atom is 0.218 e. The minimum absolute atomic E-state index is 0.185. The normalized spacial score (nSPS) is 18.9. The summed E-state index contributed by atoms with van der Waals surface area (Å²) in [7, 11) is -7.17. The Kier molecular flexibility index (Phi) is 5.72. The Bertz CT molecular complexity index is 975. The topological polar surface area (TPSA) is 71.5 Å². The minimum atomic E-state index is -3.62. The van der Waals surface area contributed by atoms with Crippen molar-refractivity contribution in [1.82, 2.24) is 4.31 Å². The van der Waals surface area contributed by atoms with Crippen LogP contribution in [0.5, 0.6) is 0 Å². The van der Waals surface area contributed by atoms with E-state index in [9.17, 15) is 16.8 Å². The summed E-state index contributed by atoms with van der Waals surface area (Å²) in [4.78, 5) is 0.221. The van der Waals surface area contributed by atoms with Crippen LogP contribution in [0.4, 0.5) is 0 Å². The fourth-order valence-electron chi connectivity index (χ4n) is 3.24. The number of nitrogens with zero attached hydrogens (tertiary/aromatic N) is 1. The summed E-state index contributed by atoms with van der Waals surface area (Å²) < 4.78 is 52.3. The summed E-state index contributed by atoms with van der Waals surface area (Å²) in [5.74, 6) is -0.388. The van der Waals surface area contributed by atoms with Crippen LogP contribution in [0.25, 0.3) is 0 Å². The first kappa shape index (κ1) is 19.4. The van der Waals surface area contributed by atoms with Gasteiger partial charge in [-0.05, 0) is 42.7 Å². The largest absolute Gasteiger partial charge is 0.224 e. The van der Waals surface area contributed by atoms with Gasteiger partial charge in [0.1, 0.15) is 0 Å². The number of sulfonamides is 1. The van der Waals surface area contributed by atoms with E-state index >= 15 is 0 Å². The average molecular weight is 414 g/mol. The average Bonchev–Trinajstić information content (AvgIpc) is 3.04. The molecule has 0 radical (unpaired) electrons. The molecule has 0 saturated carbocycles. The molecule has 1 saturated heterocycles. The highest BCUT2D eigenvalue weighted by atomic mass is 35.5. The molecule has 2 aromatic carbocycles. The van der Waals surface area contributed by atoms with Crippen LogP contribution < -0.4 is 0 Å². The smallest absolute Gasteiger partial charge is 0.218 e. The molecule has 140 valence electrons. The molecule has 5 nitrogen and oxygen atoms in total. The number of sulfone groups is 1. The van der Waals surface area contributed by atoms with Gasteiger partial charge in [-0.2, -0.15) is 4.31 Å². The van der Waals surface area contributed by atoms with Gasteiger partial charge in [0.05, 0.1) is 16.4 Å². The maximum atomic E-state index is 12.8. The molecule has 26 heavy (non-hydrogen) atoms. The minimum Gasteiger partial charge on any atom is -0.224 e. The molecule has 0 aliphatic carbocycles. The second-order valence-electron chi connectivity index (χ2n) is 6.39. The molecule has 0 aromatic heterocycles. The molecule has 1 atom stereocenters. The van der Waals surface area contributed by atoms with E-state index in [1.54, 1.807) is 42.5 Å². The number of benzene rings is 2. The third-order valence-corrected chi connectivity index (χ3v) is 8.38. The first-order valence-electron chi connectivity index (χ1n) is 8.30. The lowest BCUT2D eigenvalue weighted by molar-refractivity contribution is 0.407. The molecule has 0 amide bonds. The second kappa shape index (κ2) is 7.68. The monoisotopic (exact) mass is 413 g/mol. The lowest BCUT2D eigenvalue weighted by atomic mass is 10.2. The molecular weight excluding hydrogens is 394 g/mol. The Labute approximate surface area is 159 Å². The van der Waals surface area contributed by atoms with Gasteiger partial charge < -0.3 is 0 Å². The SMILES string of the molecule is O=S(=O)(CC1CCCN1S(=O)(=O)Cc1cccc(Cl)c1)c1ccccc1. The van der Waals surface area contributed by atoms with Gasteiger partial charge in [0.2, 0.25) is 10.0 Å². The van der Waals surface area contributed by atoms with Gasteiger partial charge in [0.15, 0.2) is 9.84 Å². The van der Waals surface area contributed by atoms with Gasteiger partial charge in [0, 0.05) is 17.6 Å². The highest BCUT2D eigenvalue weighted by molar-refractivity contribution is 7.91. The Morgan fingerprint density at radius 1 is 1.00 bits per heavy atom.